The molecular formula is C27H27F3N6O2. The molecule has 0 saturated carbocycles. The fourth-order valence-electron chi connectivity index (χ4n) is 4.54. The number of benzene rings is 2. The van der Waals surface area contributed by atoms with Crippen LogP contribution < -0.4 is 15.4 Å². The summed E-state index contributed by atoms with van der Waals surface area (Å²) in [6.07, 6.45) is -0.141. The Bertz CT molecular complexity index is 1440. The van der Waals surface area contributed by atoms with Crippen LogP contribution in [0.25, 0.3) is 22.2 Å². The van der Waals surface area contributed by atoms with Crippen molar-refractivity contribution >= 4 is 28.4 Å². The number of carbonyl (C=O) groups excluding carboxylic acids is 1. The Morgan fingerprint density at radius 1 is 1.00 bits per heavy atom. The van der Waals surface area contributed by atoms with Crippen LogP contribution in [0.5, 0.6) is 5.75 Å². The summed E-state index contributed by atoms with van der Waals surface area (Å²) in [5.74, 6) is -0.229. The van der Waals surface area contributed by atoms with Crippen molar-refractivity contribution in [3.05, 3.63) is 66.5 Å². The predicted molar refractivity (Wildman–Crippen MR) is 139 cm³/mol. The van der Waals surface area contributed by atoms with Crippen molar-refractivity contribution in [3.63, 3.8) is 0 Å². The van der Waals surface area contributed by atoms with Crippen molar-refractivity contribution in [2.24, 2.45) is 7.05 Å². The quantitative estimate of drug-likeness (QED) is 0.346. The molecule has 1 saturated heterocycles. The number of hydrogen-bond acceptors (Lipinski definition) is 5. The lowest BCUT2D eigenvalue weighted by molar-refractivity contribution is -0.139. The second-order valence-electron chi connectivity index (χ2n) is 9.35. The van der Waals surface area contributed by atoms with E-state index in [4.69, 9.17) is 4.74 Å². The van der Waals surface area contributed by atoms with Crippen LogP contribution in [0.1, 0.15) is 18.4 Å². The molecule has 198 valence electrons. The van der Waals surface area contributed by atoms with Crippen LogP contribution in [0, 0.1) is 0 Å². The van der Waals surface area contributed by atoms with E-state index in [0.29, 0.717) is 18.5 Å². The van der Waals surface area contributed by atoms with Gasteiger partial charge in [0.15, 0.2) is 5.65 Å². The fraction of sp³-hybridized carbons (Fsp3) is 0.296. The van der Waals surface area contributed by atoms with Crippen molar-refractivity contribution in [1.82, 2.24) is 19.7 Å². The lowest BCUT2D eigenvalue weighted by Gasteiger charge is -2.30. The number of halogens is 3. The van der Waals surface area contributed by atoms with E-state index < -0.39 is 17.8 Å². The number of aromatic nitrogens is 3. The summed E-state index contributed by atoms with van der Waals surface area (Å²) in [5, 5.41) is 10.3. The van der Waals surface area contributed by atoms with Gasteiger partial charge in [-0.3, -0.25) is 4.68 Å². The lowest BCUT2D eigenvalue weighted by atomic mass is 10.0. The average Bonchev–Trinajstić information content (AvgIpc) is 3.27. The molecule has 38 heavy (non-hydrogen) atoms. The predicted octanol–water partition coefficient (Wildman–Crippen LogP) is 5.77. The number of pyridine rings is 1. The zero-order chi connectivity index (χ0) is 26.9. The molecule has 0 atom stereocenters. The first-order chi connectivity index (χ1) is 18.2. The molecule has 11 heteroatoms. The minimum atomic E-state index is -4.63. The van der Waals surface area contributed by atoms with Gasteiger partial charge in [-0.2, -0.15) is 18.3 Å². The Labute approximate surface area is 217 Å². The van der Waals surface area contributed by atoms with Gasteiger partial charge >= 0.3 is 12.2 Å². The van der Waals surface area contributed by atoms with Gasteiger partial charge in [-0.15, -0.1) is 0 Å². The Balaban J connectivity index is 1.26. The van der Waals surface area contributed by atoms with Gasteiger partial charge in [0.2, 0.25) is 0 Å². The number of anilines is 2. The third-order valence-electron chi connectivity index (χ3n) is 6.59. The molecule has 3 heterocycles. The number of nitrogens with zero attached hydrogens (tertiary/aromatic N) is 4. The second kappa shape index (κ2) is 10.3. The van der Waals surface area contributed by atoms with Crippen molar-refractivity contribution in [2.45, 2.75) is 25.1 Å². The summed E-state index contributed by atoms with van der Waals surface area (Å²) in [7, 11) is 3.79. The summed E-state index contributed by atoms with van der Waals surface area (Å²) in [4.78, 5) is 19.0. The number of aryl methyl sites for hydroxylation is 1. The number of carbonyl (C=O) groups is 1. The van der Waals surface area contributed by atoms with Gasteiger partial charge in [-0.25, -0.2) is 9.78 Å². The van der Waals surface area contributed by atoms with E-state index in [1.807, 2.05) is 32.3 Å². The van der Waals surface area contributed by atoms with Crippen LogP contribution in [0.3, 0.4) is 0 Å². The maximum absolute atomic E-state index is 13.8. The largest absolute Gasteiger partial charge is 0.490 e. The van der Waals surface area contributed by atoms with Crippen LogP contribution in [0.4, 0.5) is 29.3 Å². The molecule has 5 rings (SSSR count). The standard InChI is InChI=1S/C27H27F3N6O2/c1-35-13-10-20(11-14-35)38-24-8-7-19(15-23(24)27(28,29)30)34-26(37)33-18-5-3-17(4-6-18)21-9-12-31-25-22(21)16-32-36(25)2/h3-9,12,15-16,20H,10-11,13-14H2,1-2H3,(H2,33,34,37). The molecule has 1 aliphatic rings. The minimum Gasteiger partial charge on any atom is -0.490 e. The van der Waals surface area contributed by atoms with Crippen molar-refractivity contribution < 1.29 is 22.7 Å². The number of alkyl halides is 3. The van der Waals surface area contributed by atoms with Gasteiger partial charge in [0.1, 0.15) is 11.9 Å². The summed E-state index contributed by atoms with van der Waals surface area (Å²) >= 11 is 0. The van der Waals surface area contributed by atoms with Gasteiger partial charge in [-0.1, -0.05) is 12.1 Å². The highest BCUT2D eigenvalue weighted by atomic mass is 19.4. The Morgan fingerprint density at radius 3 is 2.39 bits per heavy atom. The summed E-state index contributed by atoms with van der Waals surface area (Å²) in [6.45, 7) is 1.53. The SMILES string of the molecule is CN1CCC(Oc2ccc(NC(=O)Nc3ccc(-c4ccnc5c4cnn5C)cc3)cc2C(F)(F)F)CC1. The van der Waals surface area contributed by atoms with E-state index in [2.05, 4.69) is 25.6 Å². The van der Waals surface area contributed by atoms with Gasteiger partial charge in [0, 0.05) is 43.1 Å². The molecule has 0 radical (unpaired) electrons. The number of nitrogens with one attached hydrogen (secondary N) is 2. The number of fused-ring (bicyclic) bond motifs is 1. The van der Waals surface area contributed by atoms with Crippen LogP contribution in [-0.2, 0) is 13.2 Å². The molecule has 2 N–H and O–H groups in total. The zero-order valence-electron chi connectivity index (χ0n) is 20.9. The molecule has 1 aliphatic heterocycles. The zero-order valence-corrected chi connectivity index (χ0v) is 20.9. The maximum atomic E-state index is 13.8. The first-order valence-electron chi connectivity index (χ1n) is 12.2. The van der Waals surface area contributed by atoms with Crippen LogP contribution in [0.15, 0.2) is 60.9 Å². The molecule has 0 aliphatic carbocycles. The van der Waals surface area contributed by atoms with E-state index >= 15 is 0 Å². The highest BCUT2D eigenvalue weighted by Gasteiger charge is 2.35. The van der Waals surface area contributed by atoms with Crippen molar-refractivity contribution in [3.8, 4) is 16.9 Å². The van der Waals surface area contributed by atoms with Gasteiger partial charge in [0.05, 0.1) is 11.8 Å². The van der Waals surface area contributed by atoms with Crippen LogP contribution in [0.2, 0.25) is 0 Å². The first kappa shape index (κ1) is 25.5. The van der Waals surface area contributed by atoms with Crippen LogP contribution >= 0.6 is 0 Å². The van der Waals surface area contributed by atoms with Crippen molar-refractivity contribution in [1.29, 1.82) is 0 Å². The molecule has 1 fully saturated rings. The number of ether oxygens (including phenoxy) is 1. The average molecular weight is 525 g/mol. The highest BCUT2D eigenvalue weighted by molar-refractivity contribution is 6.00. The summed E-state index contributed by atoms with van der Waals surface area (Å²) < 4.78 is 48.7. The van der Waals surface area contributed by atoms with Gasteiger partial charge in [0.25, 0.3) is 0 Å². The normalized spacial score (nSPS) is 15.0. The van der Waals surface area contributed by atoms with E-state index in [9.17, 15) is 18.0 Å². The van der Waals surface area contributed by atoms with E-state index in [1.54, 1.807) is 29.2 Å². The van der Waals surface area contributed by atoms with E-state index in [-0.39, 0.29) is 17.5 Å². The summed E-state index contributed by atoms with van der Waals surface area (Å²) in [6, 6.07) is 11.9. The van der Waals surface area contributed by atoms with Crippen LogP contribution in [-0.4, -0.2) is 51.9 Å². The number of hydrogen-bond donors (Lipinski definition) is 2. The van der Waals surface area contributed by atoms with Crippen molar-refractivity contribution in [2.75, 3.05) is 30.8 Å². The molecule has 8 nitrogen and oxygen atoms in total. The maximum Gasteiger partial charge on any atom is 0.420 e. The Morgan fingerprint density at radius 2 is 1.68 bits per heavy atom. The smallest absolute Gasteiger partial charge is 0.420 e. The molecule has 2 aromatic heterocycles. The molecule has 2 aromatic carbocycles. The number of urea groups is 1. The molecule has 0 spiro atoms. The number of rotatable bonds is 5. The molecule has 0 bridgehead atoms. The van der Waals surface area contributed by atoms with Gasteiger partial charge in [-0.05, 0) is 67.4 Å². The molecule has 4 aromatic rings. The fourth-order valence-corrected chi connectivity index (χ4v) is 4.54. The first-order valence-corrected chi connectivity index (χ1v) is 12.2. The Hall–Kier alpha value is -4.12. The summed E-state index contributed by atoms with van der Waals surface area (Å²) in [5.41, 5.74) is 2.19. The van der Waals surface area contributed by atoms with E-state index in [0.717, 1.165) is 41.3 Å². The lowest BCUT2D eigenvalue weighted by Crippen LogP contribution is -2.36. The number of piperidine rings is 1. The number of amides is 2. The second-order valence-corrected chi connectivity index (χ2v) is 9.35. The number of likely N-dealkylation sites (tertiary alicyclic amines) is 1. The van der Waals surface area contributed by atoms with E-state index in [1.165, 1.54) is 12.1 Å². The third-order valence-corrected chi connectivity index (χ3v) is 6.59. The third kappa shape index (κ3) is 5.57. The molecular weight excluding hydrogens is 497 g/mol. The van der Waals surface area contributed by atoms with Gasteiger partial charge < -0.3 is 20.3 Å². The molecule has 2 amide bonds. The Kier molecular flexibility index (Phi) is 6.94. The molecule has 0 unspecified atom stereocenters. The minimum absolute atomic E-state index is 0.0120. The highest BCUT2D eigenvalue weighted by Crippen LogP contribution is 2.39. The topological polar surface area (TPSA) is 84.3 Å². The monoisotopic (exact) mass is 524 g/mol.